The molecule has 0 bridgehead atoms. The van der Waals surface area contributed by atoms with E-state index in [0.29, 0.717) is 23.6 Å². The van der Waals surface area contributed by atoms with Crippen LogP contribution in [-0.2, 0) is 11.8 Å². The van der Waals surface area contributed by atoms with Gasteiger partial charge in [-0.2, -0.15) is 5.10 Å². The molecule has 0 spiro atoms. The van der Waals surface area contributed by atoms with E-state index < -0.39 is 0 Å². The second-order valence-electron chi connectivity index (χ2n) is 9.40. The molecule has 0 fully saturated rings. The number of aromatic amines is 1. The zero-order valence-electron chi connectivity index (χ0n) is 19.4. The molecule has 3 heterocycles. The Morgan fingerprint density at radius 1 is 0.941 bits per heavy atom. The minimum Gasteiger partial charge on any atom is -0.464 e. The molecule has 5 rings (SSSR count). The lowest BCUT2D eigenvalue weighted by atomic mass is 9.87. The predicted molar refractivity (Wildman–Crippen MR) is 136 cm³/mol. The largest absolute Gasteiger partial charge is 0.464 e. The van der Waals surface area contributed by atoms with Crippen molar-refractivity contribution in [1.29, 1.82) is 0 Å². The van der Waals surface area contributed by atoms with Crippen LogP contribution >= 0.6 is 0 Å². The molecular formula is C28H26N4O2. The maximum Gasteiger partial charge on any atom is 0.259 e. The van der Waals surface area contributed by atoms with Crippen molar-refractivity contribution >= 4 is 22.3 Å². The van der Waals surface area contributed by atoms with Crippen molar-refractivity contribution in [3.05, 3.63) is 106 Å². The third kappa shape index (κ3) is 4.35. The van der Waals surface area contributed by atoms with Gasteiger partial charge in [-0.1, -0.05) is 57.2 Å². The van der Waals surface area contributed by atoms with Crippen molar-refractivity contribution in [2.75, 3.05) is 5.32 Å². The lowest BCUT2D eigenvalue weighted by Crippen LogP contribution is -2.10. The van der Waals surface area contributed by atoms with Gasteiger partial charge >= 0.3 is 0 Å². The Hall–Kier alpha value is -4.19. The van der Waals surface area contributed by atoms with Crippen LogP contribution in [0.15, 0.2) is 88.4 Å². The minimum atomic E-state index is -0.188. The highest BCUT2D eigenvalue weighted by Gasteiger charge is 2.15. The van der Waals surface area contributed by atoms with Crippen LogP contribution in [0.1, 0.15) is 37.6 Å². The number of nitrogens with one attached hydrogen (secondary N) is 2. The van der Waals surface area contributed by atoms with E-state index in [-0.39, 0.29) is 11.0 Å². The Kier molecular flexibility index (Phi) is 5.49. The Bertz CT molecular complexity index is 1490. The monoisotopic (exact) mass is 450 g/mol. The van der Waals surface area contributed by atoms with Gasteiger partial charge in [-0.3, -0.25) is 4.79 Å². The highest BCUT2D eigenvalue weighted by Crippen LogP contribution is 2.29. The van der Waals surface area contributed by atoms with E-state index in [9.17, 15) is 4.79 Å². The van der Waals surface area contributed by atoms with Crippen LogP contribution in [-0.4, -0.2) is 15.2 Å². The topological polar surface area (TPSA) is 83.8 Å². The van der Waals surface area contributed by atoms with Crippen LogP contribution in [0.2, 0.25) is 0 Å². The number of furan rings is 1. The summed E-state index contributed by atoms with van der Waals surface area (Å²) in [6.45, 7) is 6.60. The first kappa shape index (κ1) is 21.6. The third-order valence-electron chi connectivity index (χ3n) is 5.90. The summed E-state index contributed by atoms with van der Waals surface area (Å²) in [5.74, 6) is 1.25. The SMILES string of the molecule is CC(C)(C)c1ccc(Nc2nnc(Cc3c[nH]c(=O)c(-c4ccco4)c3)c3ccccc23)cc1. The van der Waals surface area contributed by atoms with Gasteiger partial charge in [-0.05, 0) is 46.9 Å². The van der Waals surface area contributed by atoms with E-state index in [1.54, 1.807) is 24.6 Å². The fraction of sp³-hybridized carbons (Fsp3) is 0.179. The molecule has 2 aromatic carbocycles. The van der Waals surface area contributed by atoms with Crippen LogP contribution in [0.5, 0.6) is 0 Å². The quantitative estimate of drug-likeness (QED) is 0.333. The van der Waals surface area contributed by atoms with Gasteiger partial charge in [0.05, 0.1) is 17.5 Å². The van der Waals surface area contributed by atoms with Crippen LogP contribution < -0.4 is 10.9 Å². The average molecular weight is 451 g/mol. The number of H-pyrrole nitrogens is 1. The number of nitrogens with zero attached hydrogens (tertiary/aromatic N) is 2. The molecule has 5 aromatic rings. The van der Waals surface area contributed by atoms with Gasteiger partial charge in [0, 0.05) is 29.1 Å². The van der Waals surface area contributed by atoms with E-state index in [0.717, 1.165) is 27.7 Å². The van der Waals surface area contributed by atoms with Crippen LogP contribution in [0.25, 0.3) is 22.1 Å². The highest BCUT2D eigenvalue weighted by molar-refractivity contribution is 5.94. The van der Waals surface area contributed by atoms with E-state index in [1.165, 1.54) is 5.56 Å². The van der Waals surface area contributed by atoms with Crippen LogP contribution in [0.3, 0.4) is 0 Å². The smallest absolute Gasteiger partial charge is 0.259 e. The Morgan fingerprint density at radius 2 is 1.71 bits per heavy atom. The first-order chi connectivity index (χ1) is 16.4. The molecule has 170 valence electrons. The first-order valence-electron chi connectivity index (χ1n) is 11.3. The molecular weight excluding hydrogens is 424 g/mol. The molecule has 3 aromatic heterocycles. The molecule has 6 nitrogen and oxygen atoms in total. The number of benzene rings is 2. The maximum absolute atomic E-state index is 12.3. The molecule has 0 saturated heterocycles. The van der Waals surface area contributed by atoms with Gasteiger partial charge < -0.3 is 14.7 Å². The van der Waals surface area contributed by atoms with Crippen LogP contribution in [0, 0.1) is 0 Å². The molecule has 0 aliphatic rings. The summed E-state index contributed by atoms with van der Waals surface area (Å²) in [7, 11) is 0. The summed E-state index contributed by atoms with van der Waals surface area (Å²) in [6.07, 6.45) is 3.80. The Balaban J connectivity index is 1.47. The number of hydrogen-bond donors (Lipinski definition) is 2. The van der Waals surface area contributed by atoms with Gasteiger partial charge in [-0.15, -0.1) is 5.10 Å². The Morgan fingerprint density at radius 3 is 2.41 bits per heavy atom. The van der Waals surface area contributed by atoms with Gasteiger partial charge in [0.25, 0.3) is 5.56 Å². The number of fused-ring (bicyclic) bond motifs is 1. The number of pyridine rings is 1. The first-order valence-corrected chi connectivity index (χ1v) is 11.3. The fourth-order valence-corrected chi connectivity index (χ4v) is 4.01. The Labute approximate surface area is 197 Å². The molecule has 0 radical (unpaired) electrons. The summed E-state index contributed by atoms with van der Waals surface area (Å²) in [4.78, 5) is 15.1. The van der Waals surface area contributed by atoms with Crippen molar-refractivity contribution in [3.63, 3.8) is 0 Å². The van der Waals surface area contributed by atoms with Gasteiger partial charge in [0.15, 0.2) is 5.82 Å². The summed E-state index contributed by atoms with van der Waals surface area (Å²) < 4.78 is 5.42. The van der Waals surface area contributed by atoms with E-state index in [4.69, 9.17) is 4.42 Å². The zero-order valence-corrected chi connectivity index (χ0v) is 19.4. The van der Waals surface area contributed by atoms with Crippen molar-refractivity contribution in [1.82, 2.24) is 15.2 Å². The summed E-state index contributed by atoms with van der Waals surface area (Å²) in [5, 5.41) is 14.5. The molecule has 6 heteroatoms. The van der Waals surface area contributed by atoms with Crippen molar-refractivity contribution < 1.29 is 4.42 Å². The fourth-order valence-electron chi connectivity index (χ4n) is 4.01. The van der Waals surface area contributed by atoms with Crippen LogP contribution in [0.4, 0.5) is 11.5 Å². The van der Waals surface area contributed by atoms with E-state index in [1.807, 2.05) is 30.3 Å². The normalized spacial score (nSPS) is 11.6. The molecule has 0 saturated carbocycles. The van der Waals surface area contributed by atoms with E-state index >= 15 is 0 Å². The molecule has 2 N–H and O–H groups in total. The average Bonchev–Trinajstić information content (AvgIpc) is 3.36. The molecule has 34 heavy (non-hydrogen) atoms. The second kappa shape index (κ2) is 8.63. The maximum atomic E-state index is 12.3. The zero-order chi connectivity index (χ0) is 23.7. The minimum absolute atomic E-state index is 0.102. The lowest BCUT2D eigenvalue weighted by Gasteiger charge is -2.19. The van der Waals surface area contributed by atoms with E-state index in [2.05, 4.69) is 65.5 Å². The lowest BCUT2D eigenvalue weighted by molar-refractivity contribution is 0.581. The van der Waals surface area contributed by atoms with Gasteiger partial charge in [-0.25, -0.2) is 0 Å². The molecule has 0 unspecified atom stereocenters. The number of anilines is 2. The predicted octanol–water partition coefficient (Wildman–Crippen LogP) is 6.21. The summed E-state index contributed by atoms with van der Waals surface area (Å²) >= 11 is 0. The van der Waals surface area contributed by atoms with Crippen molar-refractivity contribution in [2.24, 2.45) is 0 Å². The standard InChI is InChI=1S/C28H26N4O2/c1-28(2,3)19-10-12-20(13-11-19)30-26-22-8-5-4-7-21(22)24(31-32-26)16-18-15-23(27(33)29-17-18)25-9-6-14-34-25/h4-15,17H,16H2,1-3H3,(H,29,33)(H,30,32). The highest BCUT2D eigenvalue weighted by atomic mass is 16.3. The second-order valence-corrected chi connectivity index (χ2v) is 9.40. The van der Waals surface area contributed by atoms with Crippen molar-refractivity contribution in [3.8, 4) is 11.3 Å². The van der Waals surface area contributed by atoms with Crippen molar-refractivity contribution in [2.45, 2.75) is 32.6 Å². The third-order valence-corrected chi connectivity index (χ3v) is 5.90. The molecule has 0 aliphatic heterocycles. The summed E-state index contributed by atoms with van der Waals surface area (Å²) in [5.41, 5.74) is 4.41. The molecule has 0 atom stereocenters. The number of hydrogen-bond acceptors (Lipinski definition) is 5. The number of aromatic nitrogens is 3. The molecule has 0 amide bonds. The summed E-state index contributed by atoms with van der Waals surface area (Å²) in [6, 6.07) is 21.9. The molecule has 0 aliphatic carbocycles. The van der Waals surface area contributed by atoms with Gasteiger partial charge in [0.2, 0.25) is 0 Å². The number of rotatable bonds is 5. The van der Waals surface area contributed by atoms with Gasteiger partial charge in [0.1, 0.15) is 5.76 Å².